The first-order valence-corrected chi connectivity index (χ1v) is 16.8. The standard InChI is InChI=1S/C27H41NO6Si2/c1-17(2)35(18(3)4)31-16-27(15-28)21(9)24(32-26(30)22-13-11-10-12-14-22)23(29)25(27)33-36(34-35,19(5)6)20(7)8/h10-14,17-20,23-25,29H,9,16H2,1-8H3. The second kappa shape index (κ2) is 10.5. The molecule has 1 saturated heterocycles. The number of fused-ring (bicyclic) bond motifs is 1. The molecule has 9 heteroatoms. The summed E-state index contributed by atoms with van der Waals surface area (Å²) in [4.78, 5) is 12.9. The summed E-state index contributed by atoms with van der Waals surface area (Å²) in [7, 11) is -6.00. The van der Waals surface area contributed by atoms with Crippen LogP contribution in [0.15, 0.2) is 42.5 Å². The largest absolute Gasteiger partial charge is 0.451 e. The van der Waals surface area contributed by atoms with Crippen molar-refractivity contribution in [3.05, 3.63) is 48.0 Å². The van der Waals surface area contributed by atoms with Crippen molar-refractivity contribution in [2.75, 3.05) is 6.61 Å². The van der Waals surface area contributed by atoms with Crippen LogP contribution in [0.25, 0.3) is 0 Å². The van der Waals surface area contributed by atoms with Crippen LogP contribution in [0.4, 0.5) is 0 Å². The Morgan fingerprint density at radius 2 is 1.58 bits per heavy atom. The highest BCUT2D eigenvalue weighted by Crippen LogP contribution is 2.54. The normalized spacial score (nSPS) is 29.7. The molecule has 4 atom stereocenters. The Hall–Kier alpha value is -1.81. The maximum absolute atomic E-state index is 12.9. The molecule has 7 nitrogen and oxygen atoms in total. The predicted octanol–water partition coefficient (Wildman–Crippen LogP) is 5.61. The quantitative estimate of drug-likeness (QED) is 0.289. The Morgan fingerprint density at radius 3 is 2.06 bits per heavy atom. The molecule has 2 aliphatic rings. The van der Waals surface area contributed by atoms with E-state index < -0.39 is 46.8 Å². The summed E-state index contributed by atoms with van der Waals surface area (Å²) in [6.45, 7) is 20.9. The van der Waals surface area contributed by atoms with Crippen LogP contribution >= 0.6 is 0 Å². The van der Waals surface area contributed by atoms with Gasteiger partial charge in [0.25, 0.3) is 0 Å². The zero-order valence-electron chi connectivity index (χ0n) is 22.8. The number of nitriles is 1. The first-order chi connectivity index (χ1) is 16.8. The second-order valence-corrected chi connectivity index (χ2v) is 20.1. The van der Waals surface area contributed by atoms with Gasteiger partial charge in [-0.1, -0.05) is 80.2 Å². The molecule has 198 valence electrons. The highest BCUT2D eigenvalue weighted by molar-refractivity contribution is 6.84. The summed E-state index contributed by atoms with van der Waals surface area (Å²) in [5.74, 6) is -0.593. The summed E-state index contributed by atoms with van der Waals surface area (Å²) in [5.41, 5.74) is -0.479. The van der Waals surface area contributed by atoms with Gasteiger partial charge in [-0.2, -0.15) is 5.26 Å². The minimum Gasteiger partial charge on any atom is -0.451 e. The molecule has 0 amide bonds. The number of aliphatic hydroxyl groups is 1. The number of ether oxygens (including phenoxy) is 1. The number of aliphatic hydroxyl groups excluding tert-OH is 1. The third kappa shape index (κ3) is 4.53. The maximum Gasteiger partial charge on any atom is 0.338 e. The van der Waals surface area contributed by atoms with Crippen LogP contribution in [-0.2, 0) is 17.7 Å². The molecule has 1 aliphatic heterocycles. The van der Waals surface area contributed by atoms with Crippen LogP contribution in [-0.4, -0.2) is 53.1 Å². The van der Waals surface area contributed by atoms with E-state index in [1.165, 1.54) is 0 Å². The van der Waals surface area contributed by atoms with Crippen molar-refractivity contribution >= 4 is 23.1 Å². The number of nitrogens with zero attached hydrogens (tertiary/aromatic N) is 1. The fourth-order valence-corrected chi connectivity index (χ4v) is 16.9. The summed E-state index contributed by atoms with van der Waals surface area (Å²) in [5, 5.41) is 22.1. The summed E-state index contributed by atoms with van der Waals surface area (Å²) >= 11 is 0. The second-order valence-electron chi connectivity index (χ2n) is 11.3. The van der Waals surface area contributed by atoms with Crippen LogP contribution in [0.5, 0.6) is 0 Å². The van der Waals surface area contributed by atoms with Crippen molar-refractivity contribution in [1.82, 2.24) is 0 Å². The van der Waals surface area contributed by atoms with Crippen molar-refractivity contribution in [3.63, 3.8) is 0 Å². The lowest BCUT2D eigenvalue weighted by Gasteiger charge is -2.53. The van der Waals surface area contributed by atoms with Gasteiger partial charge in [0.15, 0.2) is 6.10 Å². The smallest absolute Gasteiger partial charge is 0.338 e. The number of rotatable bonds is 6. The minimum absolute atomic E-state index is 0.0198. The number of carbonyl (C=O) groups is 1. The average Bonchev–Trinajstić information content (AvgIpc) is 2.99. The molecule has 3 rings (SSSR count). The highest BCUT2D eigenvalue weighted by atomic mass is 28.5. The Balaban J connectivity index is 2.13. The van der Waals surface area contributed by atoms with Crippen molar-refractivity contribution in [1.29, 1.82) is 5.26 Å². The van der Waals surface area contributed by atoms with Crippen LogP contribution in [0, 0.1) is 16.7 Å². The summed E-state index contributed by atoms with van der Waals surface area (Å²) in [6.07, 6.45) is -3.38. The molecule has 1 aromatic carbocycles. The summed E-state index contributed by atoms with van der Waals surface area (Å²) < 4.78 is 26.6. The Morgan fingerprint density at radius 1 is 1.06 bits per heavy atom. The molecule has 0 aromatic heterocycles. The molecule has 0 radical (unpaired) electrons. The van der Waals surface area contributed by atoms with E-state index in [-0.39, 0.29) is 28.8 Å². The molecule has 1 aromatic rings. The van der Waals surface area contributed by atoms with E-state index in [0.717, 1.165) is 0 Å². The number of hydrogen-bond donors (Lipinski definition) is 1. The van der Waals surface area contributed by atoms with Gasteiger partial charge >= 0.3 is 23.1 Å². The van der Waals surface area contributed by atoms with Gasteiger partial charge in [-0.15, -0.1) is 0 Å². The van der Waals surface area contributed by atoms with Gasteiger partial charge in [-0.05, 0) is 39.9 Å². The topological polar surface area (TPSA) is 98.0 Å². The van der Waals surface area contributed by atoms with Crippen LogP contribution < -0.4 is 0 Å². The van der Waals surface area contributed by atoms with E-state index >= 15 is 0 Å². The molecule has 0 spiro atoms. The van der Waals surface area contributed by atoms with E-state index in [4.69, 9.17) is 17.7 Å². The number of carbonyl (C=O) groups excluding carboxylic acids is 1. The Labute approximate surface area is 217 Å². The molecular formula is C27H41NO6Si2. The van der Waals surface area contributed by atoms with Gasteiger partial charge in [-0.3, -0.25) is 0 Å². The lowest BCUT2D eigenvalue weighted by atomic mass is 9.83. The first kappa shape index (κ1) is 28.8. The Bertz CT molecular complexity index is 989. The fourth-order valence-electron chi connectivity index (χ4n) is 5.64. The van der Waals surface area contributed by atoms with Crippen molar-refractivity contribution in [3.8, 4) is 6.07 Å². The van der Waals surface area contributed by atoms with Gasteiger partial charge in [0.1, 0.15) is 17.6 Å². The molecule has 1 heterocycles. The van der Waals surface area contributed by atoms with Crippen LogP contribution in [0.2, 0.25) is 22.2 Å². The molecule has 1 N–H and O–H groups in total. The molecule has 1 saturated carbocycles. The SMILES string of the molecule is C=C1C(OC(=O)c2ccccc2)C(O)C2O[Si](C(C)C)(C(C)C)O[Si](C(C)C)(C(C)C)OCC12C#N. The van der Waals surface area contributed by atoms with E-state index in [0.29, 0.717) is 11.1 Å². The average molecular weight is 532 g/mol. The van der Waals surface area contributed by atoms with Gasteiger partial charge in [0.05, 0.1) is 18.2 Å². The van der Waals surface area contributed by atoms with Gasteiger partial charge < -0.3 is 22.8 Å². The third-order valence-corrected chi connectivity index (χ3v) is 18.0. The lowest BCUT2D eigenvalue weighted by Crippen LogP contribution is -2.66. The molecular weight excluding hydrogens is 490 g/mol. The van der Waals surface area contributed by atoms with Crippen molar-refractivity contribution < 1.29 is 27.6 Å². The third-order valence-electron chi connectivity index (χ3n) is 7.84. The highest BCUT2D eigenvalue weighted by Gasteiger charge is 2.67. The van der Waals surface area contributed by atoms with Crippen molar-refractivity contribution in [2.45, 2.75) is 95.9 Å². The van der Waals surface area contributed by atoms with E-state index in [1.807, 2.05) is 0 Å². The number of hydrogen-bond acceptors (Lipinski definition) is 7. The van der Waals surface area contributed by atoms with E-state index in [9.17, 15) is 15.2 Å². The maximum atomic E-state index is 12.9. The summed E-state index contributed by atoms with van der Waals surface area (Å²) in [6, 6.07) is 11.0. The van der Waals surface area contributed by atoms with Crippen molar-refractivity contribution in [2.24, 2.45) is 5.41 Å². The van der Waals surface area contributed by atoms with Gasteiger partial charge in [0, 0.05) is 0 Å². The molecule has 1 aliphatic carbocycles. The Kier molecular flexibility index (Phi) is 8.40. The fraction of sp³-hybridized carbons (Fsp3) is 0.630. The number of esters is 1. The first-order valence-electron chi connectivity index (χ1n) is 12.9. The lowest BCUT2D eigenvalue weighted by molar-refractivity contribution is -0.0609. The molecule has 2 fully saturated rings. The van der Waals surface area contributed by atoms with Crippen LogP contribution in [0.1, 0.15) is 65.7 Å². The molecule has 0 bridgehead atoms. The monoisotopic (exact) mass is 531 g/mol. The molecule has 4 unspecified atom stereocenters. The van der Waals surface area contributed by atoms with Crippen LogP contribution in [0.3, 0.4) is 0 Å². The predicted molar refractivity (Wildman–Crippen MR) is 143 cm³/mol. The zero-order valence-corrected chi connectivity index (χ0v) is 24.8. The number of benzene rings is 1. The van der Waals surface area contributed by atoms with E-state index in [1.54, 1.807) is 30.3 Å². The van der Waals surface area contributed by atoms with Gasteiger partial charge in [0.2, 0.25) is 0 Å². The van der Waals surface area contributed by atoms with Gasteiger partial charge in [-0.25, -0.2) is 4.79 Å². The van der Waals surface area contributed by atoms with E-state index in [2.05, 4.69) is 68.0 Å². The minimum atomic E-state index is -3.09. The molecule has 36 heavy (non-hydrogen) atoms. The zero-order chi connectivity index (χ0) is 27.1.